The maximum atomic E-state index is 12.7. The van der Waals surface area contributed by atoms with Crippen LogP contribution in [0.15, 0.2) is 36.5 Å². The zero-order valence-electron chi connectivity index (χ0n) is 13.2. The Kier molecular flexibility index (Phi) is 3.25. The summed E-state index contributed by atoms with van der Waals surface area (Å²) < 4.78 is 28.2. The molecule has 1 fully saturated rings. The highest BCUT2D eigenvalue weighted by Crippen LogP contribution is 2.44. The molecule has 1 saturated carbocycles. The standard InChI is InChI=1S/C17H16N4O2S/c1-20-17-9-13(14-3-2-8-19-15(14)10-18)6-7-16(17)21(24(20,22)23)11-12-4-5-12/h2-3,6-9,12H,4-5,11H2,1H3. The second-order valence-corrected chi connectivity index (χ2v) is 8.05. The van der Waals surface area contributed by atoms with Gasteiger partial charge in [0.15, 0.2) is 0 Å². The SMILES string of the molecule is CN1c2cc(-c3cccnc3C#N)ccc2N(CC2CC2)S1(=O)=O. The molecule has 0 spiro atoms. The van der Waals surface area contributed by atoms with Crippen molar-refractivity contribution in [2.24, 2.45) is 5.92 Å². The van der Waals surface area contributed by atoms with Gasteiger partial charge in [-0.15, -0.1) is 0 Å². The lowest BCUT2D eigenvalue weighted by Crippen LogP contribution is -2.36. The number of hydrogen-bond acceptors (Lipinski definition) is 4. The molecule has 2 heterocycles. The molecule has 6 nitrogen and oxygen atoms in total. The molecule has 1 aromatic heterocycles. The average Bonchev–Trinajstić information content (AvgIpc) is 3.39. The summed E-state index contributed by atoms with van der Waals surface area (Å²) in [6, 6.07) is 11.2. The molecule has 2 aliphatic rings. The fourth-order valence-corrected chi connectivity index (χ4v) is 4.50. The molecule has 1 aliphatic heterocycles. The van der Waals surface area contributed by atoms with Gasteiger partial charge in [0.05, 0.1) is 11.4 Å². The minimum Gasteiger partial charge on any atom is -0.254 e. The minimum absolute atomic E-state index is 0.329. The van der Waals surface area contributed by atoms with Gasteiger partial charge >= 0.3 is 10.2 Å². The molecule has 0 saturated heterocycles. The summed E-state index contributed by atoms with van der Waals surface area (Å²) in [5.74, 6) is 0.460. The first-order chi connectivity index (χ1) is 11.5. The van der Waals surface area contributed by atoms with Gasteiger partial charge in [-0.25, -0.2) is 4.98 Å². The van der Waals surface area contributed by atoms with E-state index in [1.165, 1.54) is 8.61 Å². The van der Waals surface area contributed by atoms with Crippen molar-refractivity contribution in [3.8, 4) is 17.2 Å². The van der Waals surface area contributed by atoms with Gasteiger partial charge in [0.2, 0.25) is 0 Å². The van der Waals surface area contributed by atoms with E-state index in [2.05, 4.69) is 11.1 Å². The number of nitrogens with zero attached hydrogens (tertiary/aromatic N) is 4. The van der Waals surface area contributed by atoms with Crippen LogP contribution >= 0.6 is 0 Å². The van der Waals surface area contributed by atoms with Crippen molar-refractivity contribution in [3.05, 3.63) is 42.2 Å². The number of anilines is 2. The predicted molar refractivity (Wildman–Crippen MR) is 91.8 cm³/mol. The number of benzene rings is 1. The van der Waals surface area contributed by atoms with Crippen molar-refractivity contribution < 1.29 is 8.42 Å². The summed E-state index contributed by atoms with van der Waals surface area (Å²) in [6.45, 7) is 0.537. The molecule has 0 bridgehead atoms. The van der Waals surface area contributed by atoms with Crippen molar-refractivity contribution in [3.63, 3.8) is 0 Å². The monoisotopic (exact) mass is 340 g/mol. The van der Waals surface area contributed by atoms with E-state index in [1.54, 1.807) is 19.3 Å². The van der Waals surface area contributed by atoms with E-state index in [9.17, 15) is 13.7 Å². The Hall–Kier alpha value is -2.59. The van der Waals surface area contributed by atoms with Crippen LogP contribution < -0.4 is 8.61 Å². The molecular weight excluding hydrogens is 324 g/mol. The molecule has 122 valence electrons. The van der Waals surface area contributed by atoms with Crippen molar-refractivity contribution in [2.75, 3.05) is 22.2 Å². The molecular formula is C17H16N4O2S. The van der Waals surface area contributed by atoms with E-state index >= 15 is 0 Å². The average molecular weight is 340 g/mol. The third-order valence-corrected chi connectivity index (χ3v) is 6.35. The van der Waals surface area contributed by atoms with E-state index < -0.39 is 10.2 Å². The lowest BCUT2D eigenvalue weighted by molar-refractivity contribution is 0.590. The van der Waals surface area contributed by atoms with Crippen molar-refractivity contribution in [1.82, 2.24) is 4.98 Å². The van der Waals surface area contributed by atoms with E-state index in [4.69, 9.17) is 0 Å². The smallest absolute Gasteiger partial charge is 0.254 e. The van der Waals surface area contributed by atoms with Crippen LogP contribution in [0.4, 0.5) is 11.4 Å². The lowest BCUT2D eigenvalue weighted by Gasteiger charge is -2.18. The highest BCUT2D eigenvalue weighted by Gasteiger charge is 2.40. The Morgan fingerprint density at radius 3 is 2.79 bits per heavy atom. The van der Waals surface area contributed by atoms with Crippen molar-refractivity contribution in [2.45, 2.75) is 12.8 Å². The maximum absolute atomic E-state index is 12.7. The number of hydrogen-bond donors (Lipinski definition) is 0. The van der Waals surface area contributed by atoms with Gasteiger partial charge in [0.1, 0.15) is 11.8 Å². The van der Waals surface area contributed by atoms with Gasteiger partial charge in [0.25, 0.3) is 0 Å². The number of fused-ring (bicyclic) bond motifs is 1. The van der Waals surface area contributed by atoms with Crippen LogP contribution in [0, 0.1) is 17.2 Å². The molecule has 1 aromatic carbocycles. The number of pyridine rings is 1. The van der Waals surface area contributed by atoms with Gasteiger partial charge < -0.3 is 0 Å². The van der Waals surface area contributed by atoms with Gasteiger partial charge in [0, 0.05) is 25.4 Å². The summed E-state index contributed by atoms with van der Waals surface area (Å²) in [6.07, 6.45) is 3.75. The second kappa shape index (κ2) is 5.21. The summed E-state index contributed by atoms with van der Waals surface area (Å²) in [4.78, 5) is 4.07. The zero-order chi connectivity index (χ0) is 16.9. The third-order valence-electron chi connectivity index (χ3n) is 4.55. The topological polar surface area (TPSA) is 77.3 Å². The highest BCUT2D eigenvalue weighted by molar-refractivity contribution is 7.94. The summed E-state index contributed by atoms with van der Waals surface area (Å²) in [5.41, 5.74) is 3.16. The normalized spacial score (nSPS) is 18.3. The van der Waals surface area contributed by atoms with E-state index in [0.717, 1.165) is 18.4 Å². The Morgan fingerprint density at radius 1 is 1.29 bits per heavy atom. The first kappa shape index (κ1) is 15.0. The van der Waals surface area contributed by atoms with Crippen LogP contribution in [0.3, 0.4) is 0 Å². The van der Waals surface area contributed by atoms with Crippen LogP contribution in [-0.2, 0) is 10.2 Å². The predicted octanol–water partition coefficient (Wildman–Crippen LogP) is 2.53. The zero-order valence-corrected chi connectivity index (χ0v) is 14.0. The van der Waals surface area contributed by atoms with Crippen LogP contribution in [0.25, 0.3) is 11.1 Å². The summed E-state index contributed by atoms with van der Waals surface area (Å²) in [7, 11) is -1.94. The van der Waals surface area contributed by atoms with E-state index in [-0.39, 0.29) is 0 Å². The Bertz CT molecular complexity index is 961. The molecule has 1 aliphatic carbocycles. The first-order valence-corrected chi connectivity index (χ1v) is 9.18. The molecule has 0 radical (unpaired) electrons. The molecule has 0 unspecified atom stereocenters. The molecule has 0 N–H and O–H groups in total. The Morgan fingerprint density at radius 2 is 2.08 bits per heavy atom. The highest BCUT2D eigenvalue weighted by atomic mass is 32.2. The third kappa shape index (κ3) is 2.22. The fraction of sp³-hybridized carbons (Fsp3) is 0.294. The molecule has 0 amide bonds. The second-order valence-electron chi connectivity index (χ2n) is 6.16. The van der Waals surface area contributed by atoms with Gasteiger partial charge in [-0.3, -0.25) is 8.61 Å². The molecule has 0 atom stereocenters. The Balaban J connectivity index is 1.82. The fourth-order valence-electron chi connectivity index (χ4n) is 3.01. The van der Waals surface area contributed by atoms with Gasteiger partial charge in [-0.2, -0.15) is 13.7 Å². The summed E-state index contributed by atoms with van der Waals surface area (Å²) >= 11 is 0. The molecule has 2 aromatic rings. The van der Waals surface area contributed by atoms with Gasteiger partial charge in [-0.1, -0.05) is 6.07 Å². The van der Waals surface area contributed by atoms with E-state index in [1.807, 2.05) is 24.3 Å². The van der Waals surface area contributed by atoms with Crippen LogP contribution in [0.2, 0.25) is 0 Å². The molecule has 4 rings (SSSR count). The minimum atomic E-state index is -3.51. The first-order valence-electron chi connectivity index (χ1n) is 7.78. The number of aromatic nitrogens is 1. The molecule has 7 heteroatoms. The van der Waals surface area contributed by atoms with Crippen LogP contribution in [0.5, 0.6) is 0 Å². The summed E-state index contributed by atoms with van der Waals surface area (Å²) in [5, 5.41) is 9.23. The maximum Gasteiger partial charge on any atom is 0.326 e. The Labute approximate surface area is 141 Å². The number of nitriles is 1. The number of rotatable bonds is 3. The van der Waals surface area contributed by atoms with Crippen molar-refractivity contribution >= 4 is 21.6 Å². The van der Waals surface area contributed by atoms with Gasteiger partial charge in [-0.05, 0) is 48.6 Å². The van der Waals surface area contributed by atoms with E-state index in [0.29, 0.717) is 35.1 Å². The van der Waals surface area contributed by atoms with Crippen LogP contribution in [0.1, 0.15) is 18.5 Å². The van der Waals surface area contributed by atoms with Crippen molar-refractivity contribution in [1.29, 1.82) is 5.26 Å². The van der Waals surface area contributed by atoms with Crippen LogP contribution in [-0.4, -0.2) is 27.0 Å². The quantitative estimate of drug-likeness (QED) is 0.860. The molecule has 24 heavy (non-hydrogen) atoms. The largest absolute Gasteiger partial charge is 0.326 e. The lowest BCUT2D eigenvalue weighted by atomic mass is 10.0.